The third kappa shape index (κ3) is 6.62. The quantitative estimate of drug-likeness (QED) is 0.412. The number of amides is 1. The van der Waals surface area contributed by atoms with Crippen LogP contribution >= 0.6 is 0 Å². The number of hydrogen-bond donors (Lipinski definition) is 0. The maximum Gasteiger partial charge on any atom is 0.410 e. The van der Waals surface area contributed by atoms with Gasteiger partial charge in [0.15, 0.2) is 0 Å². The van der Waals surface area contributed by atoms with Crippen LogP contribution in [-0.2, 0) is 11.3 Å². The molecule has 0 aliphatic carbocycles. The molecule has 184 valence electrons. The van der Waals surface area contributed by atoms with Gasteiger partial charge in [0.1, 0.15) is 5.60 Å². The largest absolute Gasteiger partial charge is 0.444 e. The molecular formula is C30H37N3O2. The number of aryl methyl sites for hydroxylation is 2. The van der Waals surface area contributed by atoms with Gasteiger partial charge in [-0.3, -0.25) is 4.98 Å². The number of nitrogens with zero attached hydrogens (tertiary/aromatic N) is 3. The van der Waals surface area contributed by atoms with E-state index in [1.54, 1.807) is 0 Å². The van der Waals surface area contributed by atoms with Crippen LogP contribution in [0.3, 0.4) is 0 Å². The number of anilines is 1. The van der Waals surface area contributed by atoms with Crippen molar-refractivity contribution in [3.63, 3.8) is 0 Å². The Bertz CT molecular complexity index is 1140. The van der Waals surface area contributed by atoms with Gasteiger partial charge < -0.3 is 14.5 Å². The highest BCUT2D eigenvalue weighted by atomic mass is 16.6. The Morgan fingerprint density at radius 3 is 2.37 bits per heavy atom. The molecule has 1 aromatic heterocycles. The van der Waals surface area contributed by atoms with E-state index >= 15 is 0 Å². The van der Waals surface area contributed by atoms with Crippen LogP contribution in [0.1, 0.15) is 50.3 Å². The van der Waals surface area contributed by atoms with Crippen LogP contribution in [0.5, 0.6) is 0 Å². The Morgan fingerprint density at radius 1 is 1.00 bits per heavy atom. The summed E-state index contributed by atoms with van der Waals surface area (Å²) in [4.78, 5) is 21.5. The average Bonchev–Trinajstić information content (AvgIpc) is 2.82. The second-order valence-corrected chi connectivity index (χ2v) is 10.6. The molecular weight excluding hydrogens is 434 g/mol. The van der Waals surface area contributed by atoms with Gasteiger partial charge in [-0.05, 0) is 83.4 Å². The second-order valence-electron chi connectivity index (χ2n) is 10.6. The molecule has 0 spiro atoms. The molecule has 1 aliphatic rings. The van der Waals surface area contributed by atoms with Gasteiger partial charge in [-0.2, -0.15) is 0 Å². The van der Waals surface area contributed by atoms with Crippen LogP contribution in [0.25, 0.3) is 11.3 Å². The lowest BCUT2D eigenvalue weighted by molar-refractivity contribution is 0.0204. The van der Waals surface area contributed by atoms with Crippen molar-refractivity contribution in [3.05, 3.63) is 83.6 Å². The number of rotatable bonds is 5. The topological polar surface area (TPSA) is 45.7 Å². The van der Waals surface area contributed by atoms with Crippen LogP contribution in [0.4, 0.5) is 10.5 Å². The molecule has 5 heteroatoms. The zero-order valence-electron chi connectivity index (χ0n) is 21.6. The first kappa shape index (κ1) is 24.8. The summed E-state index contributed by atoms with van der Waals surface area (Å²) in [5.41, 5.74) is 6.58. The van der Waals surface area contributed by atoms with Crippen LogP contribution in [-0.4, -0.2) is 40.7 Å². The van der Waals surface area contributed by atoms with Crippen molar-refractivity contribution in [3.8, 4) is 11.3 Å². The summed E-state index contributed by atoms with van der Waals surface area (Å²) in [6.07, 6.45) is 3.51. The molecule has 0 unspecified atom stereocenters. The van der Waals surface area contributed by atoms with Crippen LogP contribution in [0, 0.1) is 13.8 Å². The third-order valence-electron chi connectivity index (χ3n) is 6.41. The lowest BCUT2D eigenvalue weighted by Gasteiger charge is -2.40. The number of likely N-dealkylation sites (tertiary alicyclic amines) is 1. The number of benzene rings is 2. The van der Waals surface area contributed by atoms with Gasteiger partial charge in [0.05, 0.1) is 5.69 Å². The van der Waals surface area contributed by atoms with Crippen molar-refractivity contribution >= 4 is 11.8 Å². The molecule has 1 aliphatic heterocycles. The number of ether oxygens (including phenoxy) is 1. The monoisotopic (exact) mass is 471 g/mol. The molecule has 1 fully saturated rings. The zero-order valence-corrected chi connectivity index (χ0v) is 21.6. The van der Waals surface area contributed by atoms with Crippen LogP contribution in [0.2, 0.25) is 0 Å². The van der Waals surface area contributed by atoms with Gasteiger partial charge in [0.25, 0.3) is 0 Å². The molecule has 35 heavy (non-hydrogen) atoms. The third-order valence-corrected chi connectivity index (χ3v) is 6.41. The fourth-order valence-electron chi connectivity index (χ4n) is 4.59. The van der Waals surface area contributed by atoms with Crippen molar-refractivity contribution in [2.75, 3.05) is 18.0 Å². The second kappa shape index (κ2) is 10.5. The van der Waals surface area contributed by atoms with Gasteiger partial charge in [-0.25, -0.2) is 4.79 Å². The fraction of sp³-hybridized carbons (Fsp3) is 0.400. The van der Waals surface area contributed by atoms with Crippen molar-refractivity contribution in [1.29, 1.82) is 0 Å². The SMILES string of the molecule is Cc1ccc(N(Cc2ccnc(-c3cccc(C)c3)c2)C2CCN(C(=O)OC(C)(C)C)CC2)cc1. The number of pyridine rings is 1. The molecule has 4 rings (SSSR count). The summed E-state index contributed by atoms with van der Waals surface area (Å²) in [5.74, 6) is 0. The number of hydrogen-bond acceptors (Lipinski definition) is 4. The Labute approximate surface area is 209 Å². The first-order valence-electron chi connectivity index (χ1n) is 12.5. The average molecular weight is 472 g/mol. The van der Waals surface area contributed by atoms with E-state index in [2.05, 4.69) is 84.4 Å². The Morgan fingerprint density at radius 2 is 1.71 bits per heavy atom. The van der Waals surface area contributed by atoms with E-state index in [-0.39, 0.29) is 6.09 Å². The smallest absolute Gasteiger partial charge is 0.410 e. The molecule has 1 saturated heterocycles. The summed E-state index contributed by atoms with van der Waals surface area (Å²) in [5, 5.41) is 0. The van der Waals surface area contributed by atoms with Gasteiger partial charge >= 0.3 is 6.09 Å². The summed E-state index contributed by atoms with van der Waals surface area (Å²) in [7, 11) is 0. The van der Waals surface area contributed by atoms with E-state index < -0.39 is 5.60 Å². The summed E-state index contributed by atoms with van der Waals surface area (Å²) in [6, 6.07) is 21.9. The van der Waals surface area contributed by atoms with Crippen LogP contribution < -0.4 is 4.90 Å². The van der Waals surface area contributed by atoms with Crippen molar-refractivity contribution in [2.45, 2.75) is 65.6 Å². The molecule has 0 bridgehead atoms. The molecule has 0 radical (unpaired) electrons. The summed E-state index contributed by atoms with van der Waals surface area (Å²) in [6.45, 7) is 12.2. The van der Waals surface area contributed by atoms with E-state index in [0.717, 1.165) is 30.6 Å². The van der Waals surface area contributed by atoms with Gasteiger partial charge in [-0.15, -0.1) is 0 Å². The first-order chi connectivity index (χ1) is 16.7. The molecule has 0 atom stereocenters. The predicted molar refractivity (Wildman–Crippen MR) is 143 cm³/mol. The molecule has 1 amide bonds. The molecule has 3 aromatic rings. The molecule has 0 N–H and O–H groups in total. The van der Waals surface area contributed by atoms with E-state index in [0.29, 0.717) is 19.1 Å². The Balaban J connectivity index is 1.53. The lowest BCUT2D eigenvalue weighted by atomic mass is 10.0. The lowest BCUT2D eigenvalue weighted by Crippen LogP contribution is -2.48. The maximum absolute atomic E-state index is 12.6. The Hall–Kier alpha value is -3.34. The highest BCUT2D eigenvalue weighted by Crippen LogP contribution is 2.28. The normalized spacial score (nSPS) is 14.6. The predicted octanol–water partition coefficient (Wildman–Crippen LogP) is 6.77. The minimum absolute atomic E-state index is 0.213. The molecule has 2 aromatic carbocycles. The first-order valence-corrected chi connectivity index (χ1v) is 12.5. The maximum atomic E-state index is 12.6. The summed E-state index contributed by atoms with van der Waals surface area (Å²) < 4.78 is 5.60. The molecule has 2 heterocycles. The van der Waals surface area contributed by atoms with E-state index in [1.165, 1.54) is 22.4 Å². The standard InChI is InChI=1S/C30H37N3O2/c1-22-9-11-26(12-10-22)33(27-14-17-32(18-15-27)29(34)35-30(3,4)5)21-24-13-16-31-28(20-24)25-8-6-7-23(2)19-25/h6-13,16,19-20,27H,14-15,17-18,21H2,1-5H3. The van der Waals surface area contributed by atoms with E-state index in [1.807, 2.05) is 31.9 Å². The molecule has 5 nitrogen and oxygen atoms in total. The highest BCUT2D eigenvalue weighted by molar-refractivity contribution is 5.68. The van der Waals surface area contributed by atoms with Crippen molar-refractivity contribution in [1.82, 2.24) is 9.88 Å². The molecule has 0 saturated carbocycles. The Kier molecular flexibility index (Phi) is 7.44. The van der Waals surface area contributed by atoms with Crippen molar-refractivity contribution in [2.24, 2.45) is 0 Å². The zero-order chi connectivity index (χ0) is 25.0. The van der Waals surface area contributed by atoms with Gasteiger partial charge in [0, 0.05) is 43.1 Å². The minimum atomic E-state index is -0.474. The van der Waals surface area contributed by atoms with E-state index in [9.17, 15) is 4.79 Å². The van der Waals surface area contributed by atoms with Gasteiger partial charge in [0.2, 0.25) is 0 Å². The van der Waals surface area contributed by atoms with Crippen molar-refractivity contribution < 1.29 is 9.53 Å². The van der Waals surface area contributed by atoms with Gasteiger partial charge in [-0.1, -0.05) is 41.5 Å². The minimum Gasteiger partial charge on any atom is -0.444 e. The fourth-order valence-corrected chi connectivity index (χ4v) is 4.59. The van der Waals surface area contributed by atoms with E-state index in [4.69, 9.17) is 4.74 Å². The number of piperidine rings is 1. The number of carbonyl (C=O) groups excluding carboxylic acids is 1. The number of carbonyl (C=O) groups is 1. The van der Waals surface area contributed by atoms with Crippen LogP contribution in [0.15, 0.2) is 66.9 Å². The summed E-state index contributed by atoms with van der Waals surface area (Å²) >= 11 is 0. The highest BCUT2D eigenvalue weighted by Gasteiger charge is 2.30. The number of aromatic nitrogens is 1.